The van der Waals surface area contributed by atoms with Crippen molar-refractivity contribution in [1.82, 2.24) is 5.32 Å². The first-order valence-corrected chi connectivity index (χ1v) is 7.94. The van der Waals surface area contributed by atoms with E-state index in [0.29, 0.717) is 0 Å². The Labute approximate surface area is 122 Å². The summed E-state index contributed by atoms with van der Waals surface area (Å²) in [7, 11) is -3.08. The van der Waals surface area contributed by atoms with Crippen LogP contribution >= 0.6 is 0 Å². The molecule has 21 heavy (non-hydrogen) atoms. The maximum absolute atomic E-state index is 13.9. The minimum absolute atomic E-state index is 0.106. The lowest BCUT2D eigenvalue weighted by Gasteiger charge is -2.39. The van der Waals surface area contributed by atoms with E-state index in [1.54, 1.807) is 0 Å². The van der Waals surface area contributed by atoms with Gasteiger partial charge in [0.2, 0.25) is 10.0 Å². The molecule has 1 aliphatic carbocycles. The number of nitrogens with one attached hydrogen (secondary N) is 1. The maximum Gasteiger partial charge on any atom is 0.251 e. The monoisotopic (exact) mass is 316 g/mol. The quantitative estimate of drug-likeness (QED) is 0.870. The molecule has 0 heterocycles. The molecule has 1 aromatic carbocycles. The van der Waals surface area contributed by atoms with Gasteiger partial charge in [0.15, 0.2) is 11.6 Å². The van der Waals surface area contributed by atoms with Gasteiger partial charge < -0.3 is 10.1 Å². The molecule has 0 saturated heterocycles. The van der Waals surface area contributed by atoms with Gasteiger partial charge in [0.05, 0.1) is 7.11 Å². The number of ether oxygens (including phenoxy) is 1. The lowest BCUT2D eigenvalue weighted by atomic mass is 9.78. The third kappa shape index (κ3) is 3.16. The second kappa shape index (κ2) is 5.27. The van der Waals surface area contributed by atoms with Crippen LogP contribution < -0.4 is 15.2 Å². The molecule has 1 amide bonds. The first-order chi connectivity index (χ1) is 9.66. The summed E-state index contributed by atoms with van der Waals surface area (Å²) in [5, 5.41) is 7.80. The van der Waals surface area contributed by atoms with Crippen LogP contribution in [0.2, 0.25) is 0 Å². The summed E-state index contributed by atoms with van der Waals surface area (Å²) in [6.45, 7) is 1.88. The third-order valence-electron chi connectivity index (χ3n) is 3.65. The van der Waals surface area contributed by atoms with Crippen molar-refractivity contribution in [3.05, 3.63) is 23.5 Å². The van der Waals surface area contributed by atoms with Crippen LogP contribution in [0.4, 0.5) is 4.39 Å². The zero-order chi connectivity index (χ0) is 15.8. The lowest BCUT2D eigenvalue weighted by molar-refractivity contribution is 0.0849. The molecule has 1 aromatic rings. The summed E-state index contributed by atoms with van der Waals surface area (Å²) >= 11 is 0. The molecule has 2 rings (SSSR count). The number of hydrogen-bond acceptors (Lipinski definition) is 4. The van der Waals surface area contributed by atoms with Crippen molar-refractivity contribution in [2.75, 3.05) is 7.11 Å². The highest BCUT2D eigenvalue weighted by atomic mass is 32.2. The molecule has 3 N–H and O–H groups in total. The lowest BCUT2D eigenvalue weighted by Crippen LogP contribution is -2.50. The number of sulfonamides is 1. The second-order valence-corrected chi connectivity index (χ2v) is 6.93. The van der Waals surface area contributed by atoms with Crippen LogP contribution in [0, 0.1) is 5.82 Å². The smallest absolute Gasteiger partial charge is 0.251 e. The molecule has 1 saturated carbocycles. The minimum atomic E-state index is -4.20. The Morgan fingerprint density at radius 3 is 2.48 bits per heavy atom. The number of hydrogen-bond donors (Lipinski definition) is 2. The van der Waals surface area contributed by atoms with Gasteiger partial charge in [0.1, 0.15) is 4.90 Å². The van der Waals surface area contributed by atoms with Gasteiger partial charge in [-0.25, -0.2) is 17.9 Å². The van der Waals surface area contributed by atoms with E-state index < -0.39 is 32.4 Å². The Morgan fingerprint density at radius 1 is 1.43 bits per heavy atom. The molecule has 1 aliphatic rings. The highest BCUT2D eigenvalue weighted by Crippen LogP contribution is 2.32. The number of benzene rings is 1. The summed E-state index contributed by atoms with van der Waals surface area (Å²) in [6.07, 6.45) is 2.68. The molecule has 8 heteroatoms. The second-order valence-electron chi connectivity index (χ2n) is 5.40. The molecule has 116 valence electrons. The van der Waals surface area contributed by atoms with Gasteiger partial charge in [0.25, 0.3) is 5.91 Å². The zero-order valence-electron chi connectivity index (χ0n) is 11.8. The largest absolute Gasteiger partial charge is 0.492 e. The van der Waals surface area contributed by atoms with Gasteiger partial charge in [-0.2, -0.15) is 0 Å². The molecular formula is C13H17FN2O4S. The van der Waals surface area contributed by atoms with Crippen LogP contribution in [0.5, 0.6) is 5.75 Å². The number of carbonyl (C=O) groups is 1. The zero-order valence-corrected chi connectivity index (χ0v) is 12.6. The van der Waals surface area contributed by atoms with Crippen LogP contribution in [0.3, 0.4) is 0 Å². The van der Waals surface area contributed by atoms with E-state index in [4.69, 9.17) is 9.88 Å². The topological polar surface area (TPSA) is 98.5 Å². The molecule has 0 unspecified atom stereocenters. The Kier molecular flexibility index (Phi) is 3.94. The first-order valence-electron chi connectivity index (χ1n) is 6.39. The average Bonchev–Trinajstić information content (AvgIpc) is 2.34. The first kappa shape index (κ1) is 15.7. The Bertz CT molecular complexity index is 684. The van der Waals surface area contributed by atoms with E-state index in [1.807, 2.05) is 6.92 Å². The van der Waals surface area contributed by atoms with Gasteiger partial charge >= 0.3 is 0 Å². The molecule has 0 aromatic heterocycles. The van der Waals surface area contributed by atoms with E-state index in [-0.39, 0.29) is 11.1 Å². The highest BCUT2D eigenvalue weighted by molar-refractivity contribution is 7.89. The molecule has 0 radical (unpaired) electrons. The summed E-state index contributed by atoms with van der Waals surface area (Å²) in [5.74, 6) is -1.99. The van der Waals surface area contributed by atoms with Gasteiger partial charge in [-0.05, 0) is 38.3 Å². The van der Waals surface area contributed by atoms with Crippen molar-refractivity contribution in [1.29, 1.82) is 0 Å². The number of primary sulfonamides is 1. The van der Waals surface area contributed by atoms with Crippen LogP contribution in [0.1, 0.15) is 36.5 Å². The van der Waals surface area contributed by atoms with Gasteiger partial charge in [-0.1, -0.05) is 0 Å². The molecule has 0 bridgehead atoms. The van der Waals surface area contributed by atoms with E-state index in [0.717, 1.165) is 38.5 Å². The molecule has 0 spiro atoms. The van der Waals surface area contributed by atoms with Crippen molar-refractivity contribution in [3.63, 3.8) is 0 Å². The fourth-order valence-corrected chi connectivity index (χ4v) is 3.02. The average molecular weight is 316 g/mol. The number of amides is 1. The fraction of sp³-hybridized carbons (Fsp3) is 0.462. The van der Waals surface area contributed by atoms with E-state index in [9.17, 15) is 17.6 Å². The molecule has 6 nitrogen and oxygen atoms in total. The SMILES string of the molecule is COc1c(F)cc(C(=O)NC2(C)CCC2)cc1S(N)(=O)=O. The molecular weight excluding hydrogens is 299 g/mol. The standard InChI is InChI=1S/C13H17FN2O4S/c1-13(4-3-5-13)16-12(17)8-6-9(14)11(20-2)10(7-8)21(15,18)19/h6-7H,3-5H2,1-2H3,(H,16,17)(H2,15,18,19). The van der Waals surface area contributed by atoms with Gasteiger partial charge in [-0.3, -0.25) is 4.79 Å². The molecule has 1 fully saturated rings. The number of methoxy groups -OCH3 is 1. The Balaban J connectivity index is 2.41. The van der Waals surface area contributed by atoms with Crippen molar-refractivity contribution < 1.29 is 22.3 Å². The van der Waals surface area contributed by atoms with E-state index in [2.05, 4.69) is 5.32 Å². The predicted molar refractivity (Wildman–Crippen MR) is 74.0 cm³/mol. The van der Waals surface area contributed by atoms with E-state index in [1.165, 1.54) is 0 Å². The van der Waals surface area contributed by atoms with Gasteiger partial charge in [-0.15, -0.1) is 0 Å². The maximum atomic E-state index is 13.9. The highest BCUT2D eigenvalue weighted by Gasteiger charge is 2.34. The molecule has 0 atom stereocenters. The third-order valence-corrected chi connectivity index (χ3v) is 4.57. The van der Waals surface area contributed by atoms with Crippen LogP contribution in [0.15, 0.2) is 17.0 Å². The minimum Gasteiger partial charge on any atom is -0.492 e. The Morgan fingerprint density at radius 2 is 2.05 bits per heavy atom. The summed E-state index contributed by atoms with van der Waals surface area (Å²) < 4.78 is 41.6. The van der Waals surface area contributed by atoms with Crippen molar-refractivity contribution >= 4 is 15.9 Å². The summed E-state index contributed by atoms with van der Waals surface area (Å²) in [5.41, 5.74) is -0.430. The normalized spacial score (nSPS) is 17.0. The fourth-order valence-electron chi connectivity index (χ4n) is 2.29. The van der Waals surface area contributed by atoms with Gasteiger partial charge in [0, 0.05) is 11.1 Å². The predicted octanol–water partition coefficient (Wildman–Crippen LogP) is 1.15. The Hall–Kier alpha value is -1.67. The van der Waals surface area contributed by atoms with Crippen LogP contribution in [0.25, 0.3) is 0 Å². The summed E-state index contributed by atoms with van der Waals surface area (Å²) in [4.78, 5) is 11.6. The van der Waals surface area contributed by atoms with Crippen molar-refractivity contribution in [3.8, 4) is 5.75 Å². The van der Waals surface area contributed by atoms with E-state index >= 15 is 0 Å². The summed E-state index contributed by atoms with van der Waals surface area (Å²) in [6, 6.07) is 1.96. The number of carbonyl (C=O) groups excluding carboxylic acids is 1. The van der Waals surface area contributed by atoms with Crippen LogP contribution in [-0.2, 0) is 10.0 Å². The number of halogens is 1. The number of rotatable bonds is 4. The van der Waals surface area contributed by atoms with Crippen LogP contribution in [-0.4, -0.2) is 27.0 Å². The van der Waals surface area contributed by atoms with Crippen molar-refractivity contribution in [2.45, 2.75) is 36.6 Å². The molecule has 0 aliphatic heterocycles. The number of nitrogens with two attached hydrogens (primary N) is 1. The van der Waals surface area contributed by atoms with Crippen molar-refractivity contribution in [2.24, 2.45) is 5.14 Å².